The summed E-state index contributed by atoms with van der Waals surface area (Å²) in [5.41, 5.74) is 7.48. The Morgan fingerprint density at radius 3 is 2.56 bits per heavy atom. The van der Waals surface area contributed by atoms with E-state index in [1.54, 1.807) is 30.3 Å². The summed E-state index contributed by atoms with van der Waals surface area (Å²) in [6, 6.07) is 12.1. The molecule has 0 unspecified atom stereocenters. The first kappa shape index (κ1) is 18.3. The van der Waals surface area contributed by atoms with Crippen LogP contribution < -0.4 is 20.5 Å². The van der Waals surface area contributed by atoms with Gasteiger partial charge in [-0.2, -0.15) is 0 Å². The van der Waals surface area contributed by atoms with Crippen LogP contribution >= 0.6 is 0 Å². The van der Waals surface area contributed by atoms with Gasteiger partial charge in [0.15, 0.2) is 17.3 Å². The second kappa shape index (κ2) is 8.73. The number of methoxy groups -OCH3 is 1. The molecular formula is C19H22N2O4. The Balaban J connectivity index is 1.82. The minimum absolute atomic E-state index is 0.0401. The maximum atomic E-state index is 11.9. The van der Waals surface area contributed by atoms with Crippen molar-refractivity contribution in [2.45, 2.75) is 19.8 Å². The minimum Gasteiger partial charge on any atom is -0.493 e. The third-order valence-electron chi connectivity index (χ3n) is 3.61. The average Bonchev–Trinajstić information content (AvgIpc) is 2.60. The minimum atomic E-state index is -0.125. The average molecular weight is 342 g/mol. The van der Waals surface area contributed by atoms with E-state index in [4.69, 9.17) is 15.2 Å². The zero-order valence-electron chi connectivity index (χ0n) is 14.4. The van der Waals surface area contributed by atoms with Crippen LogP contribution in [-0.2, 0) is 4.79 Å². The van der Waals surface area contributed by atoms with Crippen molar-refractivity contribution in [2.75, 3.05) is 24.8 Å². The van der Waals surface area contributed by atoms with Gasteiger partial charge in [-0.15, -0.1) is 0 Å². The molecule has 3 N–H and O–H groups in total. The fourth-order valence-corrected chi connectivity index (χ4v) is 2.24. The molecule has 0 aliphatic rings. The predicted octanol–water partition coefficient (Wildman–Crippen LogP) is 3.28. The zero-order valence-corrected chi connectivity index (χ0v) is 14.4. The molecule has 0 heterocycles. The van der Waals surface area contributed by atoms with Crippen LogP contribution in [0.2, 0.25) is 0 Å². The lowest BCUT2D eigenvalue weighted by atomic mass is 10.1. The zero-order chi connectivity index (χ0) is 18.2. The second-order valence-corrected chi connectivity index (χ2v) is 5.51. The number of ether oxygens (including phenoxy) is 2. The predicted molar refractivity (Wildman–Crippen MR) is 97.2 cm³/mol. The summed E-state index contributed by atoms with van der Waals surface area (Å²) in [7, 11) is 1.52. The summed E-state index contributed by atoms with van der Waals surface area (Å²) in [5, 5.41) is 2.77. The van der Waals surface area contributed by atoms with Crippen molar-refractivity contribution in [3.8, 4) is 11.5 Å². The van der Waals surface area contributed by atoms with Crippen molar-refractivity contribution in [1.29, 1.82) is 0 Å². The SMILES string of the molecule is COc1cc(C(C)=O)ccc1OCCCC(=O)Nc1ccccc1N. The fraction of sp³-hybridized carbons (Fsp3) is 0.263. The van der Waals surface area contributed by atoms with Gasteiger partial charge in [-0.05, 0) is 43.7 Å². The van der Waals surface area contributed by atoms with Crippen LogP contribution in [-0.4, -0.2) is 25.4 Å². The second-order valence-electron chi connectivity index (χ2n) is 5.51. The molecule has 6 heteroatoms. The summed E-state index contributed by atoms with van der Waals surface area (Å²) < 4.78 is 10.9. The van der Waals surface area contributed by atoms with Gasteiger partial charge in [0.2, 0.25) is 5.91 Å². The molecule has 2 aromatic rings. The van der Waals surface area contributed by atoms with Crippen LogP contribution in [0.15, 0.2) is 42.5 Å². The number of anilines is 2. The first-order chi connectivity index (χ1) is 12.0. The molecule has 1 amide bonds. The summed E-state index contributed by atoms with van der Waals surface area (Å²) >= 11 is 0. The van der Waals surface area contributed by atoms with Gasteiger partial charge in [-0.1, -0.05) is 12.1 Å². The van der Waals surface area contributed by atoms with E-state index in [2.05, 4.69) is 5.32 Å². The lowest BCUT2D eigenvalue weighted by Crippen LogP contribution is -2.14. The molecule has 2 rings (SSSR count). The largest absolute Gasteiger partial charge is 0.493 e. The maximum Gasteiger partial charge on any atom is 0.224 e. The van der Waals surface area contributed by atoms with Gasteiger partial charge in [0, 0.05) is 12.0 Å². The molecule has 6 nitrogen and oxygen atoms in total. The number of carbonyl (C=O) groups is 2. The molecular weight excluding hydrogens is 320 g/mol. The quantitative estimate of drug-likeness (QED) is 0.436. The molecule has 132 valence electrons. The first-order valence-corrected chi connectivity index (χ1v) is 7.97. The summed E-state index contributed by atoms with van der Waals surface area (Å²) in [6.07, 6.45) is 0.846. The molecule has 2 aromatic carbocycles. The highest BCUT2D eigenvalue weighted by Crippen LogP contribution is 2.28. The van der Waals surface area contributed by atoms with E-state index < -0.39 is 0 Å². The lowest BCUT2D eigenvalue weighted by molar-refractivity contribution is -0.116. The number of benzene rings is 2. The Morgan fingerprint density at radius 1 is 1.12 bits per heavy atom. The molecule has 0 radical (unpaired) electrons. The third kappa shape index (κ3) is 5.24. The molecule has 0 atom stereocenters. The number of nitrogen functional groups attached to an aromatic ring is 1. The molecule has 0 spiro atoms. The van der Waals surface area contributed by atoms with Crippen molar-refractivity contribution in [1.82, 2.24) is 0 Å². The van der Waals surface area contributed by atoms with E-state index in [0.717, 1.165) is 0 Å². The van der Waals surface area contributed by atoms with Gasteiger partial charge < -0.3 is 20.5 Å². The van der Waals surface area contributed by atoms with Crippen molar-refractivity contribution in [3.05, 3.63) is 48.0 Å². The number of nitrogens with two attached hydrogens (primary N) is 1. The van der Waals surface area contributed by atoms with Crippen molar-refractivity contribution >= 4 is 23.1 Å². The van der Waals surface area contributed by atoms with E-state index in [-0.39, 0.29) is 11.7 Å². The highest BCUT2D eigenvalue weighted by atomic mass is 16.5. The number of hydrogen-bond acceptors (Lipinski definition) is 5. The Labute approximate surface area is 146 Å². The van der Waals surface area contributed by atoms with E-state index in [9.17, 15) is 9.59 Å². The normalized spacial score (nSPS) is 10.2. The van der Waals surface area contributed by atoms with Crippen LogP contribution in [0.3, 0.4) is 0 Å². The topological polar surface area (TPSA) is 90.6 Å². The summed E-state index contributed by atoms with van der Waals surface area (Å²) in [5.74, 6) is 0.872. The van der Waals surface area contributed by atoms with Gasteiger partial charge in [-0.3, -0.25) is 9.59 Å². The van der Waals surface area contributed by atoms with Crippen LogP contribution in [0.1, 0.15) is 30.1 Å². The molecule has 25 heavy (non-hydrogen) atoms. The number of carbonyl (C=O) groups excluding carboxylic acids is 2. The molecule has 0 bridgehead atoms. The highest BCUT2D eigenvalue weighted by molar-refractivity contribution is 5.95. The van der Waals surface area contributed by atoms with Crippen LogP contribution in [0.5, 0.6) is 11.5 Å². The molecule has 0 saturated carbocycles. The van der Waals surface area contributed by atoms with Crippen LogP contribution in [0.4, 0.5) is 11.4 Å². The number of ketones is 1. The summed E-state index contributed by atoms with van der Waals surface area (Å²) in [4.78, 5) is 23.3. The monoisotopic (exact) mass is 342 g/mol. The van der Waals surface area contributed by atoms with Gasteiger partial charge in [0.05, 0.1) is 25.1 Å². The van der Waals surface area contributed by atoms with Crippen molar-refractivity contribution < 1.29 is 19.1 Å². The molecule has 0 saturated heterocycles. The van der Waals surface area contributed by atoms with Crippen molar-refractivity contribution in [3.63, 3.8) is 0 Å². The van der Waals surface area contributed by atoms with Gasteiger partial charge >= 0.3 is 0 Å². The Hall–Kier alpha value is -3.02. The van der Waals surface area contributed by atoms with Gasteiger partial charge in [-0.25, -0.2) is 0 Å². The number of para-hydroxylation sites is 2. The number of Topliss-reactive ketones (excluding diaryl/α,β-unsaturated/α-hetero) is 1. The Bertz CT molecular complexity index is 759. The number of nitrogens with one attached hydrogen (secondary N) is 1. The third-order valence-corrected chi connectivity index (χ3v) is 3.61. The maximum absolute atomic E-state index is 11.9. The smallest absolute Gasteiger partial charge is 0.224 e. The molecule has 0 aliphatic heterocycles. The van der Waals surface area contributed by atoms with Crippen molar-refractivity contribution in [2.24, 2.45) is 0 Å². The highest BCUT2D eigenvalue weighted by Gasteiger charge is 2.09. The lowest BCUT2D eigenvalue weighted by Gasteiger charge is -2.12. The Morgan fingerprint density at radius 2 is 1.88 bits per heavy atom. The summed E-state index contributed by atoms with van der Waals surface area (Å²) in [6.45, 7) is 1.85. The fourth-order valence-electron chi connectivity index (χ4n) is 2.24. The van der Waals surface area contributed by atoms with Gasteiger partial charge in [0.25, 0.3) is 0 Å². The molecule has 0 fully saturated rings. The standard InChI is InChI=1S/C19H22N2O4/c1-13(22)14-9-10-17(18(12-14)24-2)25-11-5-8-19(23)21-16-7-4-3-6-15(16)20/h3-4,6-7,9-10,12H,5,8,11,20H2,1-2H3,(H,21,23). The van der Waals surface area contributed by atoms with E-state index in [1.165, 1.54) is 14.0 Å². The van der Waals surface area contributed by atoms with Gasteiger partial charge in [0.1, 0.15) is 0 Å². The number of hydrogen-bond donors (Lipinski definition) is 2. The van der Waals surface area contributed by atoms with Crippen LogP contribution in [0.25, 0.3) is 0 Å². The van der Waals surface area contributed by atoms with E-state index >= 15 is 0 Å². The first-order valence-electron chi connectivity index (χ1n) is 7.97. The van der Waals surface area contributed by atoms with E-state index in [1.807, 2.05) is 12.1 Å². The van der Waals surface area contributed by atoms with Crippen LogP contribution in [0, 0.1) is 0 Å². The Kier molecular flexibility index (Phi) is 6.39. The molecule has 0 aliphatic carbocycles. The number of amides is 1. The molecule has 0 aromatic heterocycles. The van der Waals surface area contributed by atoms with E-state index in [0.29, 0.717) is 47.9 Å². The number of rotatable bonds is 8.